The predicted octanol–water partition coefficient (Wildman–Crippen LogP) is 2.19. The fourth-order valence-electron chi connectivity index (χ4n) is 2.06. The van der Waals surface area contributed by atoms with Crippen molar-refractivity contribution in [2.24, 2.45) is 5.73 Å². The van der Waals surface area contributed by atoms with E-state index in [2.05, 4.69) is 10.1 Å². The van der Waals surface area contributed by atoms with E-state index in [1.54, 1.807) is 4.68 Å². The molecule has 0 atom stereocenters. The van der Waals surface area contributed by atoms with Crippen molar-refractivity contribution in [1.29, 1.82) is 0 Å². The molecule has 2 N–H and O–H groups in total. The molecule has 1 aromatic carbocycles. The normalized spacial score (nSPS) is 11.0. The third kappa shape index (κ3) is 1.76. The van der Waals surface area contributed by atoms with Crippen LogP contribution in [0.2, 0.25) is 0 Å². The zero-order valence-electron chi connectivity index (χ0n) is 10.2. The van der Waals surface area contributed by atoms with Gasteiger partial charge in [0.15, 0.2) is 5.82 Å². The topological polar surface area (TPSA) is 56.7 Å². The lowest BCUT2D eigenvalue weighted by molar-refractivity contribution is 0.834. The molecule has 3 rings (SSSR count). The van der Waals surface area contributed by atoms with E-state index >= 15 is 0 Å². The molecule has 0 aliphatic carbocycles. The first-order valence-electron chi connectivity index (χ1n) is 5.89. The van der Waals surface area contributed by atoms with Crippen LogP contribution in [-0.4, -0.2) is 14.8 Å². The highest BCUT2D eigenvalue weighted by Gasteiger charge is 2.06. The Labute approximate surface area is 105 Å². The number of fused-ring (bicyclic) bond motifs is 1. The molecule has 0 radical (unpaired) electrons. The van der Waals surface area contributed by atoms with Crippen LogP contribution in [0.25, 0.3) is 16.7 Å². The van der Waals surface area contributed by atoms with E-state index in [1.807, 2.05) is 49.5 Å². The molecule has 0 saturated carbocycles. The second-order valence-electron chi connectivity index (χ2n) is 4.26. The second kappa shape index (κ2) is 4.23. The minimum Gasteiger partial charge on any atom is -0.326 e. The van der Waals surface area contributed by atoms with Gasteiger partial charge in [-0.05, 0) is 30.7 Å². The summed E-state index contributed by atoms with van der Waals surface area (Å²) in [5.41, 5.74) is 8.82. The average molecular weight is 238 g/mol. The van der Waals surface area contributed by atoms with E-state index in [0.717, 1.165) is 28.0 Å². The van der Waals surface area contributed by atoms with Crippen molar-refractivity contribution in [3.8, 4) is 5.82 Å². The second-order valence-corrected chi connectivity index (χ2v) is 4.26. The summed E-state index contributed by atoms with van der Waals surface area (Å²) in [7, 11) is 0. The number of nitrogens with two attached hydrogens (primary N) is 1. The van der Waals surface area contributed by atoms with Gasteiger partial charge in [0, 0.05) is 18.1 Å². The van der Waals surface area contributed by atoms with Crippen molar-refractivity contribution < 1.29 is 0 Å². The molecule has 2 aromatic heterocycles. The van der Waals surface area contributed by atoms with Gasteiger partial charge in [-0.1, -0.05) is 18.2 Å². The minimum absolute atomic E-state index is 0.496. The van der Waals surface area contributed by atoms with Gasteiger partial charge in [0.05, 0.1) is 11.2 Å². The van der Waals surface area contributed by atoms with Crippen molar-refractivity contribution in [2.75, 3.05) is 0 Å². The number of pyridine rings is 1. The summed E-state index contributed by atoms with van der Waals surface area (Å²) < 4.78 is 1.78. The molecule has 2 heterocycles. The molecule has 4 heteroatoms. The van der Waals surface area contributed by atoms with Crippen LogP contribution in [0.15, 0.2) is 42.6 Å². The number of aromatic nitrogens is 3. The molecule has 0 saturated heterocycles. The predicted molar refractivity (Wildman–Crippen MR) is 71.5 cm³/mol. The zero-order valence-corrected chi connectivity index (χ0v) is 10.2. The first kappa shape index (κ1) is 10.9. The summed E-state index contributed by atoms with van der Waals surface area (Å²) in [4.78, 5) is 4.61. The number of rotatable bonds is 2. The standard InChI is InChI=1S/C14H14N4/c1-10-6-7-18(17-10)14-8-11(9-15)12-4-2-3-5-13(12)16-14/h2-8H,9,15H2,1H3. The first-order chi connectivity index (χ1) is 8.78. The molecule has 0 spiro atoms. The van der Waals surface area contributed by atoms with Gasteiger partial charge in [0.25, 0.3) is 0 Å². The van der Waals surface area contributed by atoms with E-state index in [9.17, 15) is 0 Å². The molecule has 90 valence electrons. The average Bonchev–Trinajstić information content (AvgIpc) is 2.84. The Balaban J connectivity index is 2.25. The molecule has 18 heavy (non-hydrogen) atoms. The Morgan fingerprint density at radius 1 is 1.22 bits per heavy atom. The SMILES string of the molecule is Cc1ccn(-c2cc(CN)c3ccccc3n2)n1. The summed E-state index contributed by atoms with van der Waals surface area (Å²) in [5.74, 6) is 0.808. The summed E-state index contributed by atoms with van der Waals surface area (Å²) in [5, 5.41) is 5.48. The Bertz CT molecular complexity index is 700. The number of benzene rings is 1. The smallest absolute Gasteiger partial charge is 0.154 e. The van der Waals surface area contributed by atoms with Crippen molar-refractivity contribution in [2.45, 2.75) is 13.5 Å². The minimum atomic E-state index is 0.496. The van der Waals surface area contributed by atoms with Gasteiger partial charge >= 0.3 is 0 Å². The number of nitrogens with zero attached hydrogens (tertiary/aromatic N) is 3. The maximum atomic E-state index is 5.81. The summed E-state index contributed by atoms with van der Waals surface area (Å²) in [6.07, 6.45) is 1.91. The molecule has 0 aliphatic heterocycles. The summed E-state index contributed by atoms with van der Waals surface area (Å²) in [6, 6.07) is 12.0. The lowest BCUT2D eigenvalue weighted by Gasteiger charge is -2.07. The number of aryl methyl sites for hydroxylation is 1. The third-order valence-corrected chi connectivity index (χ3v) is 2.97. The van der Waals surface area contributed by atoms with Gasteiger partial charge in [0.1, 0.15) is 0 Å². The van der Waals surface area contributed by atoms with E-state index in [4.69, 9.17) is 5.73 Å². The molecule has 4 nitrogen and oxygen atoms in total. The molecular weight excluding hydrogens is 224 g/mol. The van der Waals surface area contributed by atoms with Crippen LogP contribution in [0, 0.1) is 6.92 Å². The van der Waals surface area contributed by atoms with E-state index in [0.29, 0.717) is 6.54 Å². The Hall–Kier alpha value is -2.20. The molecule has 0 fully saturated rings. The highest BCUT2D eigenvalue weighted by Crippen LogP contribution is 2.19. The molecular formula is C14H14N4. The van der Waals surface area contributed by atoms with Gasteiger partial charge in [-0.3, -0.25) is 0 Å². The Morgan fingerprint density at radius 2 is 2.06 bits per heavy atom. The van der Waals surface area contributed by atoms with Crippen molar-refractivity contribution in [3.63, 3.8) is 0 Å². The maximum absolute atomic E-state index is 5.81. The highest BCUT2D eigenvalue weighted by molar-refractivity contribution is 5.83. The number of hydrogen-bond acceptors (Lipinski definition) is 3. The summed E-state index contributed by atoms with van der Waals surface area (Å²) >= 11 is 0. The van der Waals surface area contributed by atoms with Crippen molar-refractivity contribution in [3.05, 3.63) is 53.9 Å². The molecule has 0 unspecified atom stereocenters. The van der Waals surface area contributed by atoms with Crippen LogP contribution in [0.3, 0.4) is 0 Å². The van der Waals surface area contributed by atoms with Gasteiger partial charge < -0.3 is 5.73 Å². The van der Waals surface area contributed by atoms with Gasteiger partial charge in [-0.25, -0.2) is 9.67 Å². The number of para-hydroxylation sites is 1. The number of hydrogen-bond donors (Lipinski definition) is 1. The Morgan fingerprint density at radius 3 is 2.78 bits per heavy atom. The quantitative estimate of drug-likeness (QED) is 0.744. The molecule has 0 bridgehead atoms. The van der Waals surface area contributed by atoms with Crippen LogP contribution < -0.4 is 5.73 Å². The van der Waals surface area contributed by atoms with Crippen LogP contribution in [0.4, 0.5) is 0 Å². The lowest BCUT2D eigenvalue weighted by Crippen LogP contribution is -2.04. The highest BCUT2D eigenvalue weighted by atomic mass is 15.3. The van der Waals surface area contributed by atoms with E-state index < -0.39 is 0 Å². The van der Waals surface area contributed by atoms with E-state index in [-0.39, 0.29) is 0 Å². The van der Waals surface area contributed by atoms with Gasteiger partial charge in [0.2, 0.25) is 0 Å². The summed E-state index contributed by atoms with van der Waals surface area (Å²) in [6.45, 7) is 2.46. The van der Waals surface area contributed by atoms with Gasteiger partial charge in [-0.15, -0.1) is 0 Å². The van der Waals surface area contributed by atoms with Crippen molar-refractivity contribution in [1.82, 2.24) is 14.8 Å². The maximum Gasteiger partial charge on any atom is 0.154 e. The fraction of sp³-hybridized carbons (Fsp3) is 0.143. The van der Waals surface area contributed by atoms with Crippen LogP contribution in [0.5, 0.6) is 0 Å². The molecule has 3 aromatic rings. The van der Waals surface area contributed by atoms with Crippen LogP contribution in [-0.2, 0) is 6.54 Å². The van der Waals surface area contributed by atoms with Crippen LogP contribution in [0.1, 0.15) is 11.3 Å². The van der Waals surface area contributed by atoms with Gasteiger partial charge in [-0.2, -0.15) is 5.10 Å². The van der Waals surface area contributed by atoms with E-state index in [1.165, 1.54) is 0 Å². The molecule has 0 amide bonds. The third-order valence-electron chi connectivity index (χ3n) is 2.97. The fourth-order valence-corrected chi connectivity index (χ4v) is 2.06. The Kier molecular flexibility index (Phi) is 2.57. The van der Waals surface area contributed by atoms with Crippen molar-refractivity contribution >= 4 is 10.9 Å². The lowest BCUT2D eigenvalue weighted by atomic mass is 10.1. The molecule has 0 aliphatic rings. The van der Waals surface area contributed by atoms with Crippen LogP contribution >= 0.6 is 0 Å². The zero-order chi connectivity index (χ0) is 12.5. The monoisotopic (exact) mass is 238 g/mol. The first-order valence-corrected chi connectivity index (χ1v) is 5.89. The largest absolute Gasteiger partial charge is 0.326 e.